The summed E-state index contributed by atoms with van der Waals surface area (Å²) in [6.07, 6.45) is 5.50. The Kier molecular flexibility index (Phi) is 4.54. The Bertz CT molecular complexity index is 350. The molecule has 1 saturated carbocycles. The van der Waals surface area contributed by atoms with Gasteiger partial charge in [0.05, 0.1) is 5.69 Å². The molecule has 0 radical (unpaired) electrons. The first-order chi connectivity index (χ1) is 8.20. The summed E-state index contributed by atoms with van der Waals surface area (Å²) >= 11 is 1.68. The molecule has 1 aromatic rings. The minimum Gasteiger partial charge on any atom is -0.325 e. The lowest BCUT2D eigenvalue weighted by atomic mass is 9.85. The maximum absolute atomic E-state index is 5.59. The van der Waals surface area contributed by atoms with Gasteiger partial charge in [0.1, 0.15) is 5.01 Å². The molecule has 3 nitrogen and oxygen atoms in total. The van der Waals surface area contributed by atoms with Crippen molar-refractivity contribution < 1.29 is 0 Å². The standard InChI is InChI=1S/C13H23N3S/c1-10-5-3-4-6-12(10)16(2)8-11-9-17-13(7-14)15-11/h9-10,12H,3-8,14H2,1-2H3. The summed E-state index contributed by atoms with van der Waals surface area (Å²) in [4.78, 5) is 7.01. The smallest absolute Gasteiger partial charge is 0.106 e. The van der Waals surface area contributed by atoms with E-state index in [2.05, 4.69) is 29.2 Å². The fourth-order valence-corrected chi connectivity index (χ4v) is 3.51. The Labute approximate surface area is 108 Å². The summed E-state index contributed by atoms with van der Waals surface area (Å²) in [5.74, 6) is 0.821. The second-order valence-electron chi connectivity index (χ2n) is 5.18. The molecule has 1 aliphatic rings. The lowest BCUT2D eigenvalue weighted by molar-refractivity contribution is 0.132. The lowest BCUT2D eigenvalue weighted by Gasteiger charge is -2.35. The Morgan fingerprint density at radius 3 is 2.88 bits per heavy atom. The van der Waals surface area contributed by atoms with E-state index in [0.29, 0.717) is 6.54 Å². The number of hydrogen-bond acceptors (Lipinski definition) is 4. The summed E-state index contributed by atoms with van der Waals surface area (Å²) in [5.41, 5.74) is 6.77. The normalized spacial score (nSPS) is 25.4. The van der Waals surface area contributed by atoms with Crippen LogP contribution >= 0.6 is 11.3 Å². The largest absolute Gasteiger partial charge is 0.325 e. The van der Waals surface area contributed by atoms with Gasteiger partial charge >= 0.3 is 0 Å². The highest BCUT2D eigenvalue weighted by Gasteiger charge is 2.25. The molecule has 1 heterocycles. The zero-order valence-corrected chi connectivity index (χ0v) is 11.7. The fraction of sp³-hybridized carbons (Fsp3) is 0.769. The van der Waals surface area contributed by atoms with Crippen LogP contribution in [0.1, 0.15) is 43.3 Å². The molecule has 0 bridgehead atoms. The number of hydrogen-bond donors (Lipinski definition) is 1. The molecule has 1 fully saturated rings. The number of thiazole rings is 1. The van der Waals surface area contributed by atoms with Crippen molar-refractivity contribution in [2.45, 2.75) is 51.7 Å². The van der Waals surface area contributed by atoms with Gasteiger partial charge in [0.15, 0.2) is 0 Å². The maximum Gasteiger partial charge on any atom is 0.106 e. The van der Waals surface area contributed by atoms with Gasteiger partial charge in [0.2, 0.25) is 0 Å². The van der Waals surface area contributed by atoms with Gasteiger partial charge in [0.25, 0.3) is 0 Å². The highest BCUT2D eigenvalue weighted by atomic mass is 32.1. The van der Waals surface area contributed by atoms with Crippen LogP contribution in [0.15, 0.2) is 5.38 Å². The topological polar surface area (TPSA) is 42.1 Å². The van der Waals surface area contributed by atoms with Crippen LogP contribution in [0.4, 0.5) is 0 Å². The molecule has 0 aliphatic heterocycles. The van der Waals surface area contributed by atoms with Crippen molar-refractivity contribution in [1.82, 2.24) is 9.88 Å². The Hall–Kier alpha value is -0.450. The highest BCUT2D eigenvalue weighted by Crippen LogP contribution is 2.28. The van der Waals surface area contributed by atoms with Gasteiger partial charge in [-0.05, 0) is 25.8 Å². The molecule has 2 rings (SSSR count). The van der Waals surface area contributed by atoms with E-state index in [9.17, 15) is 0 Å². The quantitative estimate of drug-likeness (QED) is 0.897. The molecule has 0 amide bonds. The van der Waals surface area contributed by atoms with Crippen molar-refractivity contribution in [2.75, 3.05) is 7.05 Å². The molecule has 4 heteroatoms. The van der Waals surface area contributed by atoms with Gasteiger partial charge in [-0.3, -0.25) is 4.90 Å². The predicted octanol–water partition coefficient (Wildman–Crippen LogP) is 2.61. The van der Waals surface area contributed by atoms with Crippen molar-refractivity contribution in [1.29, 1.82) is 0 Å². The summed E-state index contributed by atoms with van der Waals surface area (Å²) in [6, 6.07) is 0.728. The summed E-state index contributed by atoms with van der Waals surface area (Å²) in [7, 11) is 2.23. The van der Waals surface area contributed by atoms with Gasteiger partial charge in [-0.2, -0.15) is 0 Å². The van der Waals surface area contributed by atoms with E-state index in [1.807, 2.05) is 0 Å². The molecule has 2 unspecified atom stereocenters. The zero-order chi connectivity index (χ0) is 12.3. The molecule has 0 spiro atoms. The number of aromatic nitrogens is 1. The summed E-state index contributed by atoms with van der Waals surface area (Å²) in [5, 5.41) is 3.19. The van der Waals surface area contributed by atoms with Crippen molar-refractivity contribution in [3.05, 3.63) is 16.1 Å². The van der Waals surface area contributed by atoms with E-state index < -0.39 is 0 Å². The zero-order valence-electron chi connectivity index (χ0n) is 10.9. The molecule has 1 aromatic heterocycles. The number of rotatable bonds is 4. The van der Waals surface area contributed by atoms with Crippen LogP contribution in [0.2, 0.25) is 0 Å². The monoisotopic (exact) mass is 253 g/mol. The molecule has 2 N–H and O–H groups in total. The molecule has 1 aliphatic carbocycles. The first-order valence-corrected chi connectivity index (χ1v) is 7.42. The van der Waals surface area contributed by atoms with E-state index in [1.54, 1.807) is 11.3 Å². The average Bonchev–Trinajstić information content (AvgIpc) is 2.77. The summed E-state index contributed by atoms with van der Waals surface area (Å²) in [6.45, 7) is 3.91. The third-order valence-corrected chi connectivity index (χ3v) is 4.74. The first kappa shape index (κ1) is 13.0. The molecule has 0 saturated heterocycles. The minimum absolute atomic E-state index is 0.564. The van der Waals surface area contributed by atoms with Crippen LogP contribution in [-0.4, -0.2) is 23.0 Å². The first-order valence-electron chi connectivity index (χ1n) is 6.54. The molecular formula is C13H23N3S. The number of nitrogens with zero attached hydrogens (tertiary/aromatic N) is 2. The molecular weight excluding hydrogens is 230 g/mol. The Balaban J connectivity index is 1.93. The van der Waals surface area contributed by atoms with E-state index >= 15 is 0 Å². The highest BCUT2D eigenvalue weighted by molar-refractivity contribution is 7.09. The van der Waals surface area contributed by atoms with Crippen LogP contribution in [0, 0.1) is 5.92 Å². The van der Waals surface area contributed by atoms with Gasteiger partial charge in [-0.15, -0.1) is 11.3 Å². The van der Waals surface area contributed by atoms with Gasteiger partial charge in [-0.25, -0.2) is 4.98 Å². The Morgan fingerprint density at radius 1 is 1.47 bits per heavy atom. The molecule has 2 atom stereocenters. The van der Waals surface area contributed by atoms with E-state index in [1.165, 1.54) is 31.4 Å². The molecule has 0 aromatic carbocycles. The molecule has 17 heavy (non-hydrogen) atoms. The average molecular weight is 253 g/mol. The third kappa shape index (κ3) is 3.27. The third-order valence-electron chi connectivity index (χ3n) is 3.82. The summed E-state index contributed by atoms with van der Waals surface area (Å²) < 4.78 is 0. The van der Waals surface area contributed by atoms with Crippen LogP contribution < -0.4 is 5.73 Å². The minimum atomic E-state index is 0.564. The molecule has 96 valence electrons. The maximum atomic E-state index is 5.59. The van der Waals surface area contributed by atoms with E-state index in [0.717, 1.165) is 23.5 Å². The van der Waals surface area contributed by atoms with E-state index in [-0.39, 0.29) is 0 Å². The van der Waals surface area contributed by atoms with Crippen LogP contribution in [0.3, 0.4) is 0 Å². The van der Waals surface area contributed by atoms with Crippen molar-refractivity contribution in [2.24, 2.45) is 11.7 Å². The van der Waals surface area contributed by atoms with Crippen molar-refractivity contribution >= 4 is 11.3 Å². The van der Waals surface area contributed by atoms with Crippen molar-refractivity contribution in [3.63, 3.8) is 0 Å². The van der Waals surface area contributed by atoms with Crippen LogP contribution in [0.5, 0.6) is 0 Å². The van der Waals surface area contributed by atoms with E-state index in [4.69, 9.17) is 5.73 Å². The van der Waals surface area contributed by atoms with Crippen LogP contribution in [0.25, 0.3) is 0 Å². The second kappa shape index (κ2) is 5.94. The fourth-order valence-electron chi connectivity index (χ4n) is 2.84. The van der Waals surface area contributed by atoms with Gasteiger partial charge in [-0.1, -0.05) is 19.8 Å². The van der Waals surface area contributed by atoms with Crippen molar-refractivity contribution in [3.8, 4) is 0 Å². The predicted molar refractivity (Wildman–Crippen MR) is 72.9 cm³/mol. The lowest BCUT2D eigenvalue weighted by Crippen LogP contribution is -2.38. The van der Waals surface area contributed by atoms with Gasteiger partial charge < -0.3 is 5.73 Å². The Morgan fingerprint density at radius 2 is 2.24 bits per heavy atom. The second-order valence-corrected chi connectivity index (χ2v) is 6.12. The number of nitrogens with two attached hydrogens (primary N) is 1. The SMILES string of the molecule is CC1CCCCC1N(C)Cc1csc(CN)n1. The van der Waals surface area contributed by atoms with Crippen LogP contribution in [-0.2, 0) is 13.1 Å². The van der Waals surface area contributed by atoms with Gasteiger partial charge in [0, 0.05) is 24.5 Å².